The van der Waals surface area contributed by atoms with E-state index in [1.54, 1.807) is 37.3 Å². The number of hydrogen-bond acceptors (Lipinski definition) is 5. The second-order valence-electron chi connectivity index (χ2n) is 11.8. The number of nitrogens with one attached hydrogen (secondary N) is 1. The van der Waals surface area contributed by atoms with Crippen LogP contribution >= 0.6 is 0 Å². The first-order valence-electron chi connectivity index (χ1n) is 14.6. The van der Waals surface area contributed by atoms with Gasteiger partial charge in [-0.1, -0.05) is 24.3 Å². The van der Waals surface area contributed by atoms with Gasteiger partial charge in [0.05, 0.1) is 11.6 Å². The van der Waals surface area contributed by atoms with Crippen LogP contribution in [0.3, 0.4) is 0 Å². The summed E-state index contributed by atoms with van der Waals surface area (Å²) in [6, 6.07) is 12.8. The Kier molecular flexibility index (Phi) is 7.61. The molecule has 44 heavy (non-hydrogen) atoms. The Morgan fingerprint density at radius 2 is 1.86 bits per heavy atom. The molecule has 3 aliphatic rings. The van der Waals surface area contributed by atoms with Crippen LogP contribution in [0.1, 0.15) is 72.7 Å². The lowest BCUT2D eigenvalue weighted by atomic mass is 9.87. The Labute approximate surface area is 252 Å². The van der Waals surface area contributed by atoms with Gasteiger partial charge in [0, 0.05) is 37.2 Å². The first-order valence-corrected chi connectivity index (χ1v) is 14.6. The number of aryl methyl sites for hydroxylation is 1. The lowest BCUT2D eigenvalue weighted by Gasteiger charge is -2.39. The van der Waals surface area contributed by atoms with Crippen LogP contribution in [-0.2, 0) is 14.4 Å². The molecule has 2 atom stereocenters. The Morgan fingerprint density at radius 1 is 1.11 bits per heavy atom. The molecule has 2 unspecified atom stereocenters. The Balaban J connectivity index is 1.47. The van der Waals surface area contributed by atoms with Crippen LogP contribution in [0.2, 0.25) is 0 Å². The summed E-state index contributed by atoms with van der Waals surface area (Å²) in [6.45, 7) is 1.76. The molecular formula is C33H30F3N5O3. The molecule has 1 N–H and O–H groups in total. The minimum Gasteiger partial charge on any atom is -0.351 e. The number of anilines is 2. The largest absolute Gasteiger partial charge is 0.351 e. The summed E-state index contributed by atoms with van der Waals surface area (Å²) < 4.78 is 42.6. The van der Waals surface area contributed by atoms with Gasteiger partial charge in [-0.15, -0.1) is 0 Å². The average Bonchev–Trinajstić information content (AvgIpc) is 3.76. The van der Waals surface area contributed by atoms with E-state index in [0.717, 1.165) is 12.8 Å². The van der Waals surface area contributed by atoms with Crippen molar-refractivity contribution < 1.29 is 27.6 Å². The van der Waals surface area contributed by atoms with Crippen molar-refractivity contribution in [1.82, 2.24) is 10.3 Å². The Morgan fingerprint density at radius 3 is 2.55 bits per heavy atom. The predicted octanol–water partition coefficient (Wildman–Crippen LogP) is 5.46. The number of benzene rings is 2. The van der Waals surface area contributed by atoms with Crippen LogP contribution in [0, 0.1) is 24.1 Å². The smallest absolute Gasteiger partial charge is 0.252 e. The third kappa shape index (κ3) is 5.76. The molecule has 3 aromatic rings. The van der Waals surface area contributed by atoms with E-state index in [1.807, 2.05) is 6.07 Å². The monoisotopic (exact) mass is 601 g/mol. The summed E-state index contributed by atoms with van der Waals surface area (Å²) in [5, 5.41) is 12.1. The zero-order valence-electron chi connectivity index (χ0n) is 24.0. The quantitative estimate of drug-likeness (QED) is 0.369. The molecule has 2 aromatic carbocycles. The van der Waals surface area contributed by atoms with Gasteiger partial charge in [-0.2, -0.15) is 5.26 Å². The van der Waals surface area contributed by atoms with E-state index in [1.165, 1.54) is 40.3 Å². The first-order chi connectivity index (χ1) is 21.0. The lowest BCUT2D eigenvalue weighted by molar-refractivity contribution is -0.133. The molecule has 3 fully saturated rings. The second kappa shape index (κ2) is 11.4. The number of pyridine rings is 1. The molecule has 2 heterocycles. The summed E-state index contributed by atoms with van der Waals surface area (Å²) >= 11 is 0. The summed E-state index contributed by atoms with van der Waals surface area (Å²) in [5.74, 6) is -4.99. The van der Waals surface area contributed by atoms with E-state index >= 15 is 4.39 Å². The second-order valence-corrected chi connectivity index (χ2v) is 11.8. The molecule has 6 rings (SSSR count). The molecular weight excluding hydrogens is 571 g/mol. The number of carbonyl (C=O) groups excluding carboxylic acids is 3. The summed E-state index contributed by atoms with van der Waals surface area (Å²) in [4.78, 5) is 48.7. The van der Waals surface area contributed by atoms with Crippen LogP contribution in [0.25, 0.3) is 0 Å². The molecule has 2 saturated carbocycles. The van der Waals surface area contributed by atoms with Crippen LogP contribution in [0.5, 0.6) is 0 Å². The van der Waals surface area contributed by atoms with Gasteiger partial charge in [-0.25, -0.2) is 18.2 Å². The fourth-order valence-electron chi connectivity index (χ4n) is 6.11. The first kappa shape index (κ1) is 29.4. The zero-order valence-corrected chi connectivity index (χ0v) is 24.0. The predicted molar refractivity (Wildman–Crippen MR) is 155 cm³/mol. The highest BCUT2D eigenvalue weighted by molar-refractivity contribution is 6.10. The van der Waals surface area contributed by atoms with Gasteiger partial charge >= 0.3 is 0 Å². The van der Waals surface area contributed by atoms with Crippen molar-refractivity contribution in [3.8, 4) is 6.07 Å². The van der Waals surface area contributed by atoms with E-state index in [-0.39, 0.29) is 35.8 Å². The number of aromatic nitrogens is 1. The molecule has 2 aliphatic carbocycles. The molecule has 1 aromatic heterocycles. The molecule has 1 saturated heterocycles. The standard InChI is InChI=1S/C33H30F3N5O3/c1-19-4-2-3-5-26(19)30(31(43)39-24-16-33(35,36)17-24)40(25-14-22(21-6-7-21)13-23(34)15-25)32(44)27-8-9-29(42)41(27)28-12-20(18-37)10-11-38-28/h2-5,10-15,21,24,27,30H,6-9,16-17H2,1H3,(H,39,43). The van der Waals surface area contributed by atoms with Gasteiger partial charge in [0.2, 0.25) is 11.8 Å². The number of carbonyl (C=O) groups is 3. The maximum atomic E-state index is 15.2. The number of hydrogen-bond donors (Lipinski definition) is 1. The van der Waals surface area contributed by atoms with Crippen molar-refractivity contribution in [3.63, 3.8) is 0 Å². The van der Waals surface area contributed by atoms with E-state index in [4.69, 9.17) is 0 Å². The summed E-state index contributed by atoms with van der Waals surface area (Å²) in [5.41, 5.74) is 2.14. The third-order valence-electron chi connectivity index (χ3n) is 8.51. The van der Waals surface area contributed by atoms with Crippen molar-refractivity contribution in [1.29, 1.82) is 5.26 Å². The van der Waals surface area contributed by atoms with Crippen LogP contribution in [-0.4, -0.2) is 40.7 Å². The Hall–Kier alpha value is -4.72. The van der Waals surface area contributed by atoms with Gasteiger partial charge in [0.1, 0.15) is 23.7 Å². The normalized spacial score (nSPS) is 20.0. The van der Waals surface area contributed by atoms with Crippen molar-refractivity contribution >= 4 is 29.2 Å². The van der Waals surface area contributed by atoms with Crippen molar-refractivity contribution in [2.24, 2.45) is 0 Å². The van der Waals surface area contributed by atoms with Crippen LogP contribution in [0.15, 0.2) is 60.8 Å². The maximum absolute atomic E-state index is 15.2. The molecule has 226 valence electrons. The van der Waals surface area contributed by atoms with E-state index in [0.29, 0.717) is 16.7 Å². The highest BCUT2D eigenvalue weighted by atomic mass is 19.3. The number of halogens is 3. The van der Waals surface area contributed by atoms with Crippen molar-refractivity contribution in [2.75, 3.05) is 9.80 Å². The number of rotatable bonds is 8. The fraction of sp³-hybridized carbons (Fsp3) is 0.364. The fourth-order valence-corrected chi connectivity index (χ4v) is 6.11. The highest BCUT2D eigenvalue weighted by Crippen LogP contribution is 2.43. The number of nitrogens with zero attached hydrogens (tertiary/aromatic N) is 4. The summed E-state index contributed by atoms with van der Waals surface area (Å²) in [6.07, 6.45) is 2.15. The minimum absolute atomic E-state index is 0.0115. The van der Waals surface area contributed by atoms with Crippen LogP contribution in [0.4, 0.5) is 24.7 Å². The molecule has 11 heteroatoms. The Bertz CT molecular complexity index is 1680. The van der Waals surface area contributed by atoms with E-state index in [2.05, 4.69) is 10.3 Å². The zero-order chi connectivity index (χ0) is 31.2. The van der Waals surface area contributed by atoms with Crippen molar-refractivity contribution in [2.45, 2.75) is 75.4 Å². The molecule has 0 spiro atoms. The average molecular weight is 602 g/mol. The SMILES string of the molecule is Cc1ccccc1C(C(=O)NC1CC(F)(F)C1)N(C(=O)C1CCC(=O)N1c1cc(C#N)ccn1)c1cc(F)cc(C2CC2)c1. The van der Waals surface area contributed by atoms with Gasteiger partial charge in [0.15, 0.2) is 0 Å². The number of nitriles is 1. The minimum atomic E-state index is -2.89. The van der Waals surface area contributed by atoms with Gasteiger partial charge < -0.3 is 5.32 Å². The van der Waals surface area contributed by atoms with Crippen molar-refractivity contribution in [3.05, 3.63) is 88.9 Å². The highest BCUT2D eigenvalue weighted by Gasteiger charge is 2.48. The number of amides is 3. The topological polar surface area (TPSA) is 106 Å². The third-order valence-corrected chi connectivity index (χ3v) is 8.51. The summed E-state index contributed by atoms with van der Waals surface area (Å²) in [7, 11) is 0. The lowest BCUT2D eigenvalue weighted by Crippen LogP contribution is -2.56. The molecule has 8 nitrogen and oxygen atoms in total. The molecule has 3 amide bonds. The van der Waals surface area contributed by atoms with E-state index < -0.39 is 60.4 Å². The van der Waals surface area contributed by atoms with Crippen LogP contribution < -0.4 is 15.1 Å². The van der Waals surface area contributed by atoms with E-state index in [9.17, 15) is 28.4 Å². The molecule has 1 aliphatic heterocycles. The number of alkyl halides is 2. The van der Waals surface area contributed by atoms with Gasteiger partial charge in [-0.05, 0) is 79.1 Å². The van der Waals surface area contributed by atoms with Gasteiger partial charge in [0.25, 0.3) is 11.8 Å². The molecule has 0 bridgehead atoms. The molecule has 0 radical (unpaired) electrons. The van der Waals surface area contributed by atoms with Gasteiger partial charge in [-0.3, -0.25) is 24.2 Å². The maximum Gasteiger partial charge on any atom is 0.252 e.